The fourth-order valence-corrected chi connectivity index (χ4v) is 2.08. The largest absolute Gasteiger partial charge is 0.481 e. The maximum atomic E-state index is 11.9. The smallest absolute Gasteiger partial charge is 0.315 e. The van der Waals surface area contributed by atoms with Crippen LogP contribution in [0.4, 0.5) is 4.79 Å². The van der Waals surface area contributed by atoms with E-state index in [2.05, 4.69) is 10.6 Å². The SMILES string of the molecule is CCC(C)(CNC(=O)NC(C)c1ccccc1Cl)C(=O)O. The highest BCUT2D eigenvalue weighted by atomic mass is 35.5. The molecule has 1 aromatic carbocycles. The Bertz CT molecular complexity index is 521. The number of amides is 2. The minimum Gasteiger partial charge on any atom is -0.481 e. The number of benzene rings is 1. The van der Waals surface area contributed by atoms with Gasteiger partial charge in [0.1, 0.15) is 0 Å². The van der Waals surface area contributed by atoms with Crippen LogP contribution in [0.1, 0.15) is 38.8 Å². The van der Waals surface area contributed by atoms with Crippen molar-refractivity contribution in [3.8, 4) is 0 Å². The summed E-state index contributed by atoms with van der Waals surface area (Å²) in [7, 11) is 0. The maximum Gasteiger partial charge on any atom is 0.315 e. The second kappa shape index (κ2) is 7.31. The lowest BCUT2D eigenvalue weighted by molar-refractivity contribution is -0.147. The van der Waals surface area contributed by atoms with Gasteiger partial charge in [-0.1, -0.05) is 36.7 Å². The van der Waals surface area contributed by atoms with E-state index in [0.29, 0.717) is 11.4 Å². The summed E-state index contributed by atoms with van der Waals surface area (Å²) < 4.78 is 0. The van der Waals surface area contributed by atoms with Crippen LogP contribution in [0.25, 0.3) is 0 Å². The summed E-state index contributed by atoms with van der Waals surface area (Å²) in [6.07, 6.45) is 0.433. The lowest BCUT2D eigenvalue weighted by Crippen LogP contribution is -2.45. The van der Waals surface area contributed by atoms with Crippen molar-refractivity contribution in [2.75, 3.05) is 6.54 Å². The number of hydrogen-bond acceptors (Lipinski definition) is 2. The molecule has 0 heterocycles. The van der Waals surface area contributed by atoms with Crippen LogP contribution in [0.3, 0.4) is 0 Å². The quantitative estimate of drug-likeness (QED) is 0.754. The predicted molar refractivity (Wildman–Crippen MR) is 82.4 cm³/mol. The molecule has 1 aromatic rings. The standard InChI is InChI=1S/C15H21ClN2O3/c1-4-15(3,13(19)20)9-17-14(21)18-10(2)11-7-5-6-8-12(11)16/h5-8,10H,4,9H2,1-3H3,(H,19,20)(H2,17,18,21). The Labute approximate surface area is 129 Å². The second-order valence-corrected chi connectivity index (χ2v) is 5.70. The van der Waals surface area contributed by atoms with Gasteiger partial charge in [-0.05, 0) is 31.9 Å². The van der Waals surface area contributed by atoms with Crippen molar-refractivity contribution in [2.45, 2.75) is 33.2 Å². The van der Waals surface area contributed by atoms with Gasteiger partial charge in [-0.2, -0.15) is 0 Å². The Morgan fingerprint density at radius 1 is 1.38 bits per heavy atom. The van der Waals surface area contributed by atoms with Gasteiger partial charge in [0.05, 0.1) is 11.5 Å². The molecule has 116 valence electrons. The number of halogens is 1. The number of carboxylic acid groups (broad SMARTS) is 1. The molecule has 1 rings (SSSR count). The molecule has 0 aliphatic heterocycles. The van der Waals surface area contributed by atoms with Crippen LogP contribution in [-0.4, -0.2) is 23.7 Å². The zero-order chi connectivity index (χ0) is 16.0. The van der Waals surface area contributed by atoms with E-state index in [1.54, 1.807) is 19.9 Å². The first-order valence-electron chi connectivity index (χ1n) is 6.82. The summed E-state index contributed by atoms with van der Waals surface area (Å²) in [6, 6.07) is 6.57. The highest BCUT2D eigenvalue weighted by Gasteiger charge is 2.31. The molecule has 0 aliphatic rings. The molecule has 2 atom stereocenters. The fraction of sp³-hybridized carbons (Fsp3) is 0.467. The second-order valence-electron chi connectivity index (χ2n) is 5.29. The van der Waals surface area contributed by atoms with Crippen LogP contribution >= 0.6 is 11.6 Å². The summed E-state index contributed by atoms with van der Waals surface area (Å²) in [4.78, 5) is 23.0. The Balaban J connectivity index is 2.58. The molecule has 6 heteroatoms. The van der Waals surface area contributed by atoms with E-state index in [1.165, 1.54) is 0 Å². The number of carboxylic acids is 1. The van der Waals surface area contributed by atoms with E-state index >= 15 is 0 Å². The summed E-state index contributed by atoms with van der Waals surface area (Å²) in [5.74, 6) is -0.926. The Kier molecular flexibility index (Phi) is 6.03. The number of urea groups is 1. The van der Waals surface area contributed by atoms with Gasteiger partial charge in [0, 0.05) is 11.6 Å². The van der Waals surface area contributed by atoms with Crippen LogP contribution in [-0.2, 0) is 4.79 Å². The van der Waals surface area contributed by atoms with Crippen LogP contribution in [0.5, 0.6) is 0 Å². The normalized spacial score (nSPS) is 14.9. The third kappa shape index (κ3) is 4.63. The minimum atomic E-state index is -0.967. The third-order valence-corrected chi connectivity index (χ3v) is 4.00. The van der Waals surface area contributed by atoms with E-state index in [4.69, 9.17) is 16.7 Å². The van der Waals surface area contributed by atoms with Gasteiger partial charge in [-0.3, -0.25) is 4.79 Å². The van der Waals surface area contributed by atoms with E-state index < -0.39 is 17.4 Å². The van der Waals surface area contributed by atoms with Crippen LogP contribution < -0.4 is 10.6 Å². The van der Waals surface area contributed by atoms with E-state index in [9.17, 15) is 9.59 Å². The average Bonchev–Trinajstić information content (AvgIpc) is 2.44. The van der Waals surface area contributed by atoms with Gasteiger partial charge in [-0.25, -0.2) is 4.79 Å². The molecule has 21 heavy (non-hydrogen) atoms. The summed E-state index contributed by atoms with van der Waals surface area (Å²) >= 11 is 6.07. The molecule has 0 spiro atoms. The topological polar surface area (TPSA) is 78.4 Å². The van der Waals surface area contributed by atoms with Gasteiger partial charge >= 0.3 is 12.0 Å². The molecular formula is C15H21ClN2O3. The van der Waals surface area contributed by atoms with Crippen molar-refractivity contribution in [2.24, 2.45) is 5.41 Å². The molecule has 0 aliphatic carbocycles. The first-order valence-corrected chi connectivity index (χ1v) is 7.20. The molecule has 0 fully saturated rings. The monoisotopic (exact) mass is 312 g/mol. The molecule has 0 aromatic heterocycles. The fourth-order valence-electron chi connectivity index (χ4n) is 1.78. The van der Waals surface area contributed by atoms with E-state index in [0.717, 1.165) is 5.56 Å². The average molecular weight is 313 g/mol. The lowest BCUT2D eigenvalue weighted by atomic mass is 9.88. The first-order chi connectivity index (χ1) is 9.80. The van der Waals surface area contributed by atoms with Gasteiger partial charge in [0.2, 0.25) is 0 Å². The van der Waals surface area contributed by atoms with Crippen molar-refractivity contribution < 1.29 is 14.7 Å². The Morgan fingerprint density at radius 3 is 2.52 bits per heavy atom. The molecule has 2 amide bonds. The van der Waals surface area contributed by atoms with Crippen molar-refractivity contribution in [3.63, 3.8) is 0 Å². The van der Waals surface area contributed by atoms with Crippen LogP contribution in [0.15, 0.2) is 24.3 Å². The summed E-state index contributed by atoms with van der Waals surface area (Å²) in [5, 5.41) is 15.1. The predicted octanol–water partition coefficient (Wildman–Crippen LogP) is 3.20. The number of aliphatic carboxylic acids is 1. The summed E-state index contributed by atoms with van der Waals surface area (Å²) in [5.41, 5.74) is -0.156. The molecule has 3 N–H and O–H groups in total. The molecule has 0 bridgehead atoms. The van der Waals surface area contributed by atoms with Crippen LogP contribution in [0.2, 0.25) is 5.02 Å². The zero-order valence-corrected chi connectivity index (χ0v) is 13.2. The minimum absolute atomic E-state index is 0.0694. The highest BCUT2D eigenvalue weighted by Crippen LogP contribution is 2.22. The molecular weight excluding hydrogens is 292 g/mol. The van der Waals surface area contributed by atoms with Crippen LogP contribution in [0, 0.1) is 5.41 Å². The van der Waals surface area contributed by atoms with Crippen molar-refractivity contribution in [1.82, 2.24) is 10.6 Å². The Morgan fingerprint density at radius 2 is 2.00 bits per heavy atom. The number of rotatable bonds is 6. The van der Waals surface area contributed by atoms with Gasteiger partial charge in [-0.15, -0.1) is 0 Å². The lowest BCUT2D eigenvalue weighted by Gasteiger charge is -2.24. The number of carbonyl (C=O) groups excluding carboxylic acids is 1. The highest BCUT2D eigenvalue weighted by molar-refractivity contribution is 6.31. The van der Waals surface area contributed by atoms with Gasteiger partial charge in [0.25, 0.3) is 0 Å². The number of carbonyl (C=O) groups is 2. The molecule has 2 unspecified atom stereocenters. The van der Waals surface area contributed by atoms with Crippen molar-refractivity contribution >= 4 is 23.6 Å². The summed E-state index contributed by atoms with van der Waals surface area (Å²) in [6.45, 7) is 5.27. The van der Waals surface area contributed by atoms with Gasteiger partial charge < -0.3 is 15.7 Å². The maximum absolute atomic E-state index is 11.9. The number of nitrogens with one attached hydrogen (secondary N) is 2. The third-order valence-electron chi connectivity index (χ3n) is 3.66. The molecule has 0 radical (unpaired) electrons. The van der Waals surface area contributed by atoms with Crippen molar-refractivity contribution in [3.05, 3.63) is 34.9 Å². The first kappa shape index (κ1) is 17.3. The zero-order valence-electron chi connectivity index (χ0n) is 12.4. The van der Waals surface area contributed by atoms with Gasteiger partial charge in [0.15, 0.2) is 0 Å². The Hall–Kier alpha value is -1.75. The molecule has 0 saturated carbocycles. The number of hydrogen-bond donors (Lipinski definition) is 3. The van der Waals surface area contributed by atoms with E-state index in [1.807, 2.05) is 25.1 Å². The van der Waals surface area contributed by atoms with Crippen molar-refractivity contribution in [1.29, 1.82) is 0 Å². The van der Waals surface area contributed by atoms with E-state index in [-0.39, 0.29) is 12.6 Å². The molecule has 0 saturated heterocycles. The molecule has 5 nitrogen and oxygen atoms in total.